The lowest BCUT2D eigenvalue weighted by Crippen LogP contribution is -2.49. The second-order valence-corrected chi connectivity index (χ2v) is 7.72. The summed E-state index contributed by atoms with van der Waals surface area (Å²) >= 11 is 5.06. The topological polar surface area (TPSA) is 88.7 Å². The minimum Gasteiger partial charge on any atom is -0.494 e. The summed E-state index contributed by atoms with van der Waals surface area (Å²) in [4.78, 5) is 24.3. The van der Waals surface area contributed by atoms with E-state index >= 15 is 0 Å². The second-order valence-electron chi connectivity index (χ2n) is 7.31. The van der Waals surface area contributed by atoms with Gasteiger partial charge in [0.15, 0.2) is 11.7 Å². The van der Waals surface area contributed by atoms with Gasteiger partial charge in [0.1, 0.15) is 11.5 Å². The van der Waals surface area contributed by atoms with Crippen molar-refractivity contribution in [1.29, 1.82) is 0 Å². The summed E-state index contributed by atoms with van der Waals surface area (Å²) in [7, 11) is 0. The molecule has 0 spiro atoms. The van der Waals surface area contributed by atoms with E-state index in [4.69, 9.17) is 21.7 Å². The molecular formula is C23H29N3O4S. The molecule has 2 amide bonds. The largest absolute Gasteiger partial charge is 0.494 e. The number of carbonyl (C=O) groups is 2. The van der Waals surface area contributed by atoms with Gasteiger partial charge in [-0.3, -0.25) is 25.8 Å². The maximum Gasteiger partial charge on any atom is 0.276 e. The zero-order valence-corrected chi connectivity index (χ0v) is 19.1. The first-order valence-electron chi connectivity index (χ1n) is 10.2. The molecule has 0 fully saturated rings. The molecule has 0 bridgehead atoms. The number of rotatable bonds is 8. The van der Waals surface area contributed by atoms with Crippen molar-refractivity contribution in [2.75, 3.05) is 13.2 Å². The summed E-state index contributed by atoms with van der Waals surface area (Å²) < 4.78 is 11.2. The van der Waals surface area contributed by atoms with Crippen molar-refractivity contribution in [3.8, 4) is 11.5 Å². The molecule has 0 aliphatic heterocycles. The molecule has 0 aliphatic carbocycles. The van der Waals surface area contributed by atoms with Crippen LogP contribution in [0, 0.1) is 6.92 Å². The summed E-state index contributed by atoms with van der Waals surface area (Å²) in [5.41, 5.74) is 7.41. The summed E-state index contributed by atoms with van der Waals surface area (Å²) in [6.45, 7) is 8.54. The Labute approximate surface area is 188 Å². The standard InChI is InChI=1S/C23H29N3O4S/c1-5-12-29-18-9-7-17(8-10-18)22(28)24-23(31)26-25-21(27)14-30-20-13-16(4)6-11-19(20)15(2)3/h6-11,13,15H,5,12,14H2,1-4H3,(H,25,27)(H2,24,26,28,31). The maximum absolute atomic E-state index is 12.3. The highest BCUT2D eigenvalue weighted by atomic mass is 32.1. The average molecular weight is 444 g/mol. The summed E-state index contributed by atoms with van der Waals surface area (Å²) in [5, 5.41) is 2.48. The van der Waals surface area contributed by atoms with Crippen LogP contribution in [0.4, 0.5) is 0 Å². The van der Waals surface area contributed by atoms with E-state index in [0.717, 1.165) is 17.5 Å². The van der Waals surface area contributed by atoms with E-state index in [2.05, 4.69) is 30.0 Å². The van der Waals surface area contributed by atoms with Gasteiger partial charge in [-0.25, -0.2) is 0 Å². The van der Waals surface area contributed by atoms with E-state index in [1.165, 1.54) is 0 Å². The lowest BCUT2D eigenvalue weighted by atomic mass is 10.0. The number of ether oxygens (including phenoxy) is 2. The van der Waals surface area contributed by atoms with Crippen LogP contribution in [-0.2, 0) is 4.79 Å². The van der Waals surface area contributed by atoms with Gasteiger partial charge >= 0.3 is 0 Å². The Balaban J connectivity index is 1.79. The molecule has 8 heteroatoms. The van der Waals surface area contributed by atoms with Crippen LogP contribution in [0.15, 0.2) is 42.5 Å². The van der Waals surface area contributed by atoms with Crippen molar-refractivity contribution < 1.29 is 19.1 Å². The predicted molar refractivity (Wildman–Crippen MR) is 124 cm³/mol. The maximum atomic E-state index is 12.3. The smallest absolute Gasteiger partial charge is 0.276 e. The van der Waals surface area contributed by atoms with E-state index < -0.39 is 11.8 Å². The molecule has 0 saturated carbocycles. The van der Waals surface area contributed by atoms with Crippen LogP contribution in [-0.4, -0.2) is 30.1 Å². The first kappa shape index (κ1) is 24.1. The molecule has 0 atom stereocenters. The molecule has 2 aromatic carbocycles. The molecule has 0 radical (unpaired) electrons. The molecule has 3 N–H and O–H groups in total. The minimum atomic E-state index is -0.426. The average Bonchev–Trinajstić information content (AvgIpc) is 2.75. The number of hydrogen-bond acceptors (Lipinski definition) is 5. The van der Waals surface area contributed by atoms with Gasteiger partial charge < -0.3 is 9.47 Å². The fraction of sp³-hybridized carbons (Fsp3) is 0.348. The van der Waals surface area contributed by atoms with Crippen molar-refractivity contribution in [3.63, 3.8) is 0 Å². The number of hydrazine groups is 1. The van der Waals surface area contributed by atoms with Crippen LogP contribution < -0.4 is 25.6 Å². The highest BCUT2D eigenvalue weighted by molar-refractivity contribution is 7.80. The molecule has 7 nitrogen and oxygen atoms in total. The fourth-order valence-corrected chi connectivity index (χ4v) is 2.82. The number of nitrogens with one attached hydrogen (secondary N) is 3. The van der Waals surface area contributed by atoms with Crippen LogP contribution in [0.3, 0.4) is 0 Å². The molecule has 0 saturated heterocycles. The fourth-order valence-electron chi connectivity index (χ4n) is 2.68. The van der Waals surface area contributed by atoms with E-state index in [9.17, 15) is 9.59 Å². The van der Waals surface area contributed by atoms with Crippen LogP contribution in [0.1, 0.15) is 54.6 Å². The van der Waals surface area contributed by atoms with Crippen LogP contribution >= 0.6 is 12.2 Å². The summed E-state index contributed by atoms with van der Waals surface area (Å²) in [6, 6.07) is 12.6. The predicted octanol–water partition coefficient (Wildman–Crippen LogP) is 3.62. The first-order chi connectivity index (χ1) is 14.8. The van der Waals surface area contributed by atoms with Gasteiger partial charge in [0, 0.05) is 5.56 Å². The van der Waals surface area contributed by atoms with Crippen LogP contribution in [0.2, 0.25) is 0 Å². The van der Waals surface area contributed by atoms with E-state index in [0.29, 0.717) is 23.7 Å². The summed E-state index contributed by atoms with van der Waals surface area (Å²) in [6.07, 6.45) is 0.906. The molecule has 0 unspecified atom stereocenters. The first-order valence-corrected chi connectivity index (χ1v) is 10.6. The molecule has 2 rings (SSSR count). The van der Waals surface area contributed by atoms with Crippen LogP contribution in [0.5, 0.6) is 11.5 Å². The zero-order chi connectivity index (χ0) is 22.8. The number of benzene rings is 2. The molecule has 0 heterocycles. The Morgan fingerprint density at radius 1 is 1.03 bits per heavy atom. The van der Waals surface area contributed by atoms with E-state index in [-0.39, 0.29) is 17.6 Å². The lowest BCUT2D eigenvalue weighted by Gasteiger charge is -2.15. The van der Waals surface area contributed by atoms with Crippen molar-refractivity contribution >= 4 is 29.1 Å². The van der Waals surface area contributed by atoms with Gasteiger partial charge in [-0.1, -0.05) is 32.9 Å². The highest BCUT2D eigenvalue weighted by Crippen LogP contribution is 2.27. The third-order valence-electron chi connectivity index (χ3n) is 4.28. The molecule has 2 aromatic rings. The molecule has 0 aliphatic rings. The number of amides is 2. The van der Waals surface area contributed by atoms with Gasteiger partial charge in [0.25, 0.3) is 11.8 Å². The normalized spacial score (nSPS) is 10.4. The van der Waals surface area contributed by atoms with E-state index in [1.54, 1.807) is 24.3 Å². The SMILES string of the molecule is CCCOc1ccc(C(=O)NC(=S)NNC(=O)COc2cc(C)ccc2C(C)C)cc1. The Hall–Kier alpha value is -3.13. The van der Waals surface area contributed by atoms with Gasteiger partial charge in [-0.2, -0.15) is 0 Å². The minimum absolute atomic E-state index is 0.0249. The van der Waals surface area contributed by atoms with Crippen molar-refractivity contribution in [1.82, 2.24) is 16.2 Å². The van der Waals surface area contributed by atoms with Gasteiger partial charge in [0.05, 0.1) is 6.61 Å². The van der Waals surface area contributed by atoms with Crippen molar-refractivity contribution in [2.24, 2.45) is 0 Å². The highest BCUT2D eigenvalue weighted by Gasteiger charge is 2.12. The van der Waals surface area contributed by atoms with Gasteiger partial charge in [0.2, 0.25) is 0 Å². The third-order valence-corrected chi connectivity index (χ3v) is 4.49. The monoisotopic (exact) mass is 443 g/mol. The summed E-state index contributed by atoms with van der Waals surface area (Å²) in [5.74, 6) is 0.816. The second kappa shape index (κ2) is 11.9. The van der Waals surface area contributed by atoms with Crippen molar-refractivity contribution in [2.45, 2.75) is 40.0 Å². The molecule has 166 valence electrons. The van der Waals surface area contributed by atoms with Gasteiger partial charge in [-0.15, -0.1) is 0 Å². The molecule has 0 aromatic heterocycles. The number of carbonyl (C=O) groups excluding carboxylic acids is 2. The van der Waals surface area contributed by atoms with Crippen LogP contribution in [0.25, 0.3) is 0 Å². The Bertz CT molecular complexity index is 914. The van der Waals surface area contributed by atoms with E-state index in [1.807, 2.05) is 32.0 Å². The Morgan fingerprint density at radius 2 is 1.74 bits per heavy atom. The Morgan fingerprint density at radius 3 is 2.39 bits per heavy atom. The lowest BCUT2D eigenvalue weighted by molar-refractivity contribution is -0.123. The van der Waals surface area contributed by atoms with Crippen molar-refractivity contribution in [3.05, 3.63) is 59.2 Å². The molecule has 31 heavy (non-hydrogen) atoms. The Kier molecular flexibility index (Phi) is 9.27. The number of thiocarbonyl (C=S) groups is 1. The molecular weight excluding hydrogens is 414 g/mol. The van der Waals surface area contributed by atoms with Gasteiger partial charge in [-0.05, 0) is 72.9 Å². The third kappa shape index (κ3) is 7.90. The quantitative estimate of drug-likeness (QED) is 0.427. The number of aryl methyl sites for hydroxylation is 1. The number of hydrogen-bond donors (Lipinski definition) is 3. The zero-order valence-electron chi connectivity index (χ0n) is 18.3.